The van der Waals surface area contributed by atoms with E-state index in [-0.39, 0.29) is 6.40 Å². The van der Waals surface area contributed by atoms with Gasteiger partial charge in [-0.3, -0.25) is 0 Å². The van der Waals surface area contributed by atoms with Gasteiger partial charge in [0.05, 0.1) is 0 Å². The minimum atomic E-state index is -0.0231. The zero-order chi connectivity index (χ0) is 6.41. The lowest BCUT2D eigenvalue weighted by Gasteiger charge is -1.86. The molecule has 40 valence electrons. The third-order valence-corrected chi connectivity index (χ3v) is 0.755. The van der Waals surface area contributed by atoms with Crippen LogP contribution in [0.2, 0.25) is 0 Å². The Morgan fingerprint density at radius 2 is 2.57 bits per heavy atom. The van der Waals surface area contributed by atoms with Gasteiger partial charge in [-0.05, 0) is 6.40 Å². The first-order chi connectivity index (χ1) is 3.81. The van der Waals surface area contributed by atoms with Gasteiger partial charge in [0.25, 0.3) is 0 Å². The normalized spacial score (nSPS) is 14.6. The van der Waals surface area contributed by atoms with Crippen LogP contribution in [0.3, 0.4) is 0 Å². The SMILES string of the molecule is [2H]C(CC#C)CCC. The second-order valence-electron chi connectivity index (χ2n) is 1.49. The van der Waals surface area contributed by atoms with Crippen LogP contribution >= 0.6 is 0 Å². The van der Waals surface area contributed by atoms with E-state index in [2.05, 4.69) is 12.8 Å². The summed E-state index contributed by atoms with van der Waals surface area (Å²) >= 11 is 0. The summed E-state index contributed by atoms with van der Waals surface area (Å²) < 4.78 is 7.23. The number of terminal acetylenes is 1. The number of hydrogen-bond acceptors (Lipinski definition) is 0. The molecule has 0 nitrogen and oxygen atoms in total. The predicted octanol–water partition coefficient (Wildman–Crippen LogP) is 2.20. The molecule has 0 aliphatic carbocycles. The highest BCUT2D eigenvalue weighted by atomic mass is 13.8. The van der Waals surface area contributed by atoms with E-state index < -0.39 is 0 Å². The first kappa shape index (κ1) is 4.71. The van der Waals surface area contributed by atoms with E-state index in [9.17, 15) is 0 Å². The molecule has 0 N–H and O–H groups in total. The van der Waals surface area contributed by atoms with Crippen molar-refractivity contribution in [2.24, 2.45) is 0 Å². The van der Waals surface area contributed by atoms with Crippen molar-refractivity contribution in [3.8, 4) is 12.3 Å². The maximum Gasteiger partial charge on any atom is 0.0276 e. The van der Waals surface area contributed by atoms with Gasteiger partial charge in [-0.15, -0.1) is 12.3 Å². The number of hydrogen-bond donors (Lipinski definition) is 0. The minimum Gasteiger partial charge on any atom is -0.120 e. The molecule has 0 spiro atoms. The molecule has 0 heterocycles. The third-order valence-electron chi connectivity index (χ3n) is 0.755. The van der Waals surface area contributed by atoms with E-state index in [4.69, 9.17) is 7.79 Å². The molecule has 0 radical (unpaired) electrons. The molecular weight excluding hydrogens is 84.1 g/mol. The fourth-order valence-electron chi connectivity index (χ4n) is 0.390. The van der Waals surface area contributed by atoms with Gasteiger partial charge in [-0.2, -0.15) is 0 Å². The molecule has 0 aliphatic heterocycles. The maximum atomic E-state index is 7.23. The minimum absolute atomic E-state index is 0.0231. The van der Waals surface area contributed by atoms with Crippen molar-refractivity contribution in [2.75, 3.05) is 0 Å². The molecular formula is C7H12. The molecule has 0 fully saturated rings. The van der Waals surface area contributed by atoms with Crippen molar-refractivity contribution in [1.82, 2.24) is 0 Å². The fraction of sp³-hybridized carbons (Fsp3) is 0.714. The summed E-state index contributed by atoms with van der Waals surface area (Å²) in [5.41, 5.74) is 0. The summed E-state index contributed by atoms with van der Waals surface area (Å²) in [5.74, 6) is 2.46. The first-order valence-corrected chi connectivity index (χ1v) is 2.67. The zero-order valence-corrected chi connectivity index (χ0v) is 4.78. The van der Waals surface area contributed by atoms with Crippen LogP contribution < -0.4 is 0 Å². The van der Waals surface area contributed by atoms with Gasteiger partial charge >= 0.3 is 0 Å². The maximum absolute atomic E-state index is 7.23. The Balaban J connectivity index is 3.08. The molecule has 1 unspecified atom stereocenters. The molecule has 1 atom stereocenters. The highest BCUT2D eigenvalue weighted by molar-refractivity contribution is 4.82. The Labute approximate surface area is 47.3 Å². The van der Waals surface area contributed by atoms with Gasteiger partial charge < -0.3 is 0 Å². The van der Waals surface area contributed by atoms with Gasteiger partial charge in [0, 0.05) is 7.79 Å². The molecule has 0 saturated heterocycles. The second kappa shape index (κ2) is 5.56. The molecule has 0 aromatic heterocycles. The summed E-state index contributed by atoms with van der Waals surface area (Å²) in [6.45, 7) is 2.07. The summed E-state index contributed by atoms with van der Waals surface area (Å²) in [5, 5.41) is 0. The van der Waals surface area contributed by atoms with E-state index in [0.29, 0.717) is 6.42 Å². The van der Waals surface area contributed by atoms with Crippen LogP contribution in [-0.4, -0.2) is 0 Å². The molecule has 0 saturated carbocycles. The largest absolute Gasteiger partial charge is 0.120 e. The van der Waals surface area contributed by atoms with Crippen molar-refractivity contribution in [2.45, 2.75) is 32.6 Å². The number of rotatable bonds is 3. The van der Waals surface area contributed by atoms with Crippen LogP contribution in [0, 0.1) is 12.3 Å². The average molecular weight is 97.2 g/mol. The molecule has 0 rings (SSSR count). The van der Waals surface area contributed by atoms with E-state index in [1.807, 2.05) is 0 Å². The van der Waals surface area contributed by atoms with Crippen molar-refractivity contribution in [3.63, 3.8) is 0 Å². The smallest absolute Gasteiger partial charge is 0.0276 e. The highest BCUT2D eigenvalue weighted by Crippen LogP contribution is 1.95. The Morgan fingerprint density at radius 1 is 1.86 bits per heavy atom. The van der Waals surface area contributed by atoms with Crippen molar-refractivity contribution in [1.29, 1.82) is 0 Å². The van der Waals surface area contributed by atoms with Gasteiger partial charge in [0.2, 0.25) is 0 Å². The Kier molecular flexibility index (Phi) is 3.74. The highest BCUT2D eigenvalue weighted by Gasteiger charge is 1.77. The quantitative estimate of drug-likeness (QED) is 0.473. The van der Waals surface area contributed by atoms with Crippen LogP contribution in [0.25, 0.3) is 0 Å². The topological polar surface area (TPSA) is 0 Å². The lowest BCUT2D eigenvalue weighted by atomic mass is 10.2. The predicted molar refractivity (Wildman–Crippen MR) is 33.0 cm³/mol. The van der Waals surface area contributed by atoms with Crippen molar-refractivity contribution in [3.05, 3.63) is 0 Å². The summed E-state index contributed by atoms with van der Waals surface area (Å²) in [7, 11) is 0. The Bertz CT molecular complexity index is 80.9. The van der Waals surface area contributed by atoms with E-state index in [1.54, 1.807) is 0 Å². The molecule has 0 aromatic rings. The van der Waals surface area contributed by atoms with Crippen LogP contribution in [0.1, 0.15) is 34.0 Å². The summed E-state index contributed by atoms with van der Waals surface area (Å²) in [6, 6.07) is 0. The van der Waals surface area contributed by atoms with Gasteiger partial charge in [-0.1, -0.05) is 19.8 Å². The molecule has 0 amide bonds. The molecule has 0 aromatic carbocycles. The first-order valence-electron chi connectivity index (χ1n) is 3.24. The van der Waals surface area contributed by atoms with Crippen LogP contribution in [0.5, 0.6) is 0 Å². The Morgan fingerprint density at radius 3 is 3.00 bits per heavy atom. The van der Waals surface area contributed by atoms with Crippen LogP contribution in [0.15, 0.2) is 0 Å². The zero-order valence-electron chi connectivity index (χ0n) is 5.78. The second-order valence-corrected chi connectivity index (χ2v) is 1.49. The van der Waals surface area contributed by atoms with E-state index >= 15 is 0 Å². The molecule has 0 heteroatoms. The monoisotopic (exact) mass is 97.1 g/mol. The third kappa shape index (κ3) is 5.56. The van der Waals surface area contributed by atoms with Crippen molar-refractivity contribution < 1.29 is 1.37 Å². The fourth-order valence-corrected chi connectivity index (χ4v) is 0.390. The molecule has 0 bridgehead atoms. The van der Waals surface area contributed by atoms with Gasteiger partial charge in [-0.25, -0.2) is 0 Å². The van der Waals surface area contributed by atoms with Crippen molar-refractivity contribution >= 4 is 0 Å². The molecule has 0 aliphatic rings. The van der Waals surface area contributed by atoms with E-state index in [1.165, 1.54) is 0 Å². The summed E-state index contributed by atoms with van der Waals surface area (Å²) in [6.07, 6.45) is 7.57. The standard InChI is InChI=1S/C7H12/c1-3-5-7-6-4-2/h1H,4-7H2,2H3/i7D. The summed E-state index contributed by atoms with van der Waals surface area (Å²) in [4.78, 5) is 0. The van der Waals surface area contributed by atoms with Gasteiger partial charge in [0.1, 0.15) is 0 Å². The van der Waals surface area contributed by atoms with Crippen LogP contribution in [-0.2, 0) is 0 Å². The molecule has 7 heavy (non-hydrogen) atoms. The lowest BCUT2D eigenvalue weighted by molar-refractivity contribution is 0.737. The van der Waals surface area contributed by atoms with E-state index in [0.717, 1.165) is 12.8 Å². The Hall–Kier alpha value is -0.440. The van der Waals surface area contributed by atoms with Gasteiger partial charge in [0.15, 0.2) is 0 Å². The average Bonchev–Trinajstić information content (AvgIpc) is 1.68. The lowest BCUT2D eigenvalue weighted by Crippen LogP contribution is -1.68. The van der Waals surface area contributed by atoms with Crippen LogP contribution in [0.4, 0.5) is 0 Å².